The van der Waals surface area contributed by atoms with Crippen molar-refractivity contribution < 1.29 is 22.7 Å². The van der Waals surface area contributed by atoms with E-state index in [1.807, 2.05) is 44.7 Å². The number of aromatic nitrogens is 2. The second-order valence-corrected chi connectivity index (χ2v) is 11.9. The van der Waals surface area contributed by atoms with Gasteiger partial charge in [-0.3, -0.25) is 0 Å². The highest BCUT2D eigenvalue weighted by Crippen LogP contribution is 2.39. The molecule has 3 saturated heterocycles. The highest BCUT2D eigenvalue weighted by molar-refractivity contribution is 5.75. The molecule has 2 aromatic carbocycles. The second-order valence-electron chi connectivity index (χ2n) is 11.9. The van der Waals surface area contributed by atoms with Crippen molar-refractivity contribution in [1.29, 1.82) is 0 Å². The van der Waals surface area contributed by atoms with Crippen LogP contribution in [0.4, 0.5) is 18.0 Å². The van der Waals surface area contributed by atoms with Crippen molar-refractivity contribution in [3.8, 4) is 11.3 Å². The molecule has 1 N–H and O–H groups in total. The van der Waals surface area contributed by atoms with Crippen LogP contribution >= 0.6 is 0 Å². The lowest BCUT2D eigenvalue weighted by Crippen LogP contribution is -2.51. The third-order valence-electron chi connectivity index (χ3n) is 8.91. The summed E-state index contributed by atoms with van der Waals surface area (Å²) in [6.07, 6.45) is 6.02. The maximum atomic E-state index is 15.1. The fourth-order valence-electron chi connectivity index (χ4n) is 6.60. The fourth-order valence-corrected chi connectivity index (χ4v) is 6.60. The molecule has 6 rings (SSSR count). The zero-order valence-electron chi connectivity index (χ0n) is 24.3. The zero-order chi connectivity index (χ0) is 29.8. The summed E-state index contributed by atoms with van der Waals surface area (Å²) in [7, 11) is 0. The molecular weight excluding hydrogens is 555 g/mol. The van der Waals surface area contributed by atoms with E-state index in [0.29, 0.717) is 63.8 Å². The average molecular weight is 595 g/mol. The van der Waals surface area contributed by atoms with E-state index in [1.54, 1.807) is 6.20 Å². The van der Waals surface area contributed by atoms with Gasteiger partial charge in [0, 0.05) is 70.2 Å². The number of piperidine rings is 1. The minimum absolute atomic E-state index is 0.0129. The van der Waals surface area contributed by atoms with Crippen molar-refractivity contribution >= 4 is 6.03 Å². The number of hydrogen-bond acceptors (Lipinski definition) is 4. The minimum Gasteiger partial charge on any atom is -0.381 e. The molecule has 3 fully saturated rings. The quantitative estimate of drug-likeness (QED) is 0.368. The predicted octanol–water partition coefficient (Wildman–Crippen LogP) is 5.62. The number of halogens is 3. The third kappa shape index (κ3) is 6.75. The molecule has 0 spiro atoms. The average Bonchev–Trinajstić information content (AvgIpc) is 3.64. The van der Waals surface area contributed by atoms with Crippen molar-refractivity contribution in [2.45, 2.75) is 44.4 Å². The topological polar surface area (TPSA) is 62.6 Å². The van der Waals surface area contributed by atoms with Crippen LogP contribution in [0.5, 0.6) is 0 Å². The molecule has 7 nitrogen and oxygen atoms in total. The Labute approximate surface area is 251 Å². The predicted molar refractivity (Wildman–Crippen MR) is 158 cm³/mol. The van der Waals surface area contributed by atoms with Crippen molar-refractivity contribution in [3.63, 3.8) is 0 Å². The summed E-state index contributed by atoms with van der Waals surface area (Å²) in [5, 5.41) is 3.13. The van der Waals surface area contributed by atoms with E-state index in [4.69, 9.17) is 9.72 Å². The van der Waals surface area contributed by atoms with Gasteiger partial charge in [-0.1, -0.05) is 30.3 Å². The Morgan fingerprint density at radius 2 is 1.93 bits per heavy atom. The van der Waals surface area contributed by atoms with Crippen molar-refractivity contribution in [3.05, 3.63) is 84.2 Å². The van der Waals surface area contributed by atoms with E-state index in [0.717, 1.165) is 36.6 Å². The number of likely N-dealkylation sites (tertiary alicyclic amines) is 1. The zero-order valence-corrected chi connectivity index (χ0v) is 24.3. The highest BCUT2D eigenvalue weighted by atomic mass is 19.1. The molecule has 4 heterocycles. The lowest BCUT2D eigenvalue weighted by atomic mass is 9.89. The maximum absolute atomic E-state index is 15.1. The molecule has 43 heavy (non-hydrogen) atoms. The Hall–Kier alpha value is -3.37. The number of carbonyl (C=O) groups excluding carboxylic acids is 1. The number of nitrogens with zero attached hydrogens (tertiary/aromatic N) is 4. The molecule has 1 radical (unpaired) electrons. The van der Waals surface area contributed by atoms with E-state index >= 15 is 8.78 Å². The van der Waals surface area contributed by atoms with Gasteiger partial charge in [-0.05, 0) is 61.8 Å². The number of hydrogen-bond donors (Lipinski definition) is 1. The lowest BCUT2D eigenvalue weighted by Gasteiger charge is -2.42. The Bertz CT molecular complexity index is 1370. The third-order valence-corrected chi connectivity index (χ3v) is 8.91. The van der Waals surface area contributed by atoms with E-state index < -0.39 is 23.8 Å². The van der Waals surface area contributed by atoms with Gasteiger partial charge in [0.2, 0.25) is 0 Å². The molecule has 3 aliphatic rings. The van der Waals surface area contributed by atoms with Crippen LogP contribution in [-0.2, 0) is 11.3 Å². The van der Waals surface area contributed by atoms with Crippen molar-refractivity contribution in [1.82, 2.24) is 24.7 Å². The van der Waals surface area contributed by atoms with Gasteiger partial charge in [0.05, 0.1) is 11.7 Å². The van der Waals surface area contributed by atoms with Crippen LogP contribution in [0, 0.1) is 29.9 Å². The molecule has 1 aromatic heterocycles. The van der Waals surface area contributed by atoms with Crippen molar-refractivity contribution in [2.24, 2.45) is 11.8 Å². The van der Waals surface area contributed by atoms with Crippen LogP contribution in [0.3, 0.4) is 0 Å². The number of amides is 2. The van der Waals surface area contributed by atoms with Crippen molar-refractivity contribution in [2.75, 3.05) is 45.9 Å². The summed E-state index contributed by atoms with van der Waals surface area (Å²) in [6.45, 7) is 3.66. The normalized spacial score (nSPS) is 22.1. The van der Waals surface area contributed by atoms with Gasteiger partial charge in [-0.25, -0.2) is 22.9 Å². The van der Waals surface area contributed by atoms with Gasteiger partial charge in [0.15, 0.2) is 0 Å². The molecule has 0 aliphatic carbocycles. The van der Waals surface area contributed by atoms with Gasteiger partial charge in [-0.15, -0.1) is 0 Å². The minimum atomic E-state index is -1.07. The van der Waals surface area contributed by atoms with E-state index in [9.17, 15) is 9.18 Å². The molecule has 0 saturated carbocycles. The first-order valence-electron chi connectivity index (χ1n) is 15.3. The van der Waals surface area contributed by atoms with Gasteiger partial charge < -0.3 is 24.4 Å². The molecule has 3 aromatic rings. The van der Waals surface area contributed by atoms with Gasteiger partial charge in [-0.2, -0.15) is 0 Å². The van der Waals surface area contributed by atoms with Gasteiger partial charge in [0.1, 0.15) is 23.6 Å². The smallest absolute Gasteiger partial charge is 0.320 e. The molecule has 0 bridgehead atoms. The van der Waals surface area contributed by atoms with E-state index in [2.05, 4.69) is 11.7 Å². The summed E-state index contributed by atoms with van der Waals surface area (Å²) in [6, 6.07) is 12.5. The molecule has 3 atom stereocenters. The molecular formula is C33H39F3N5O2. The number of benzene rings is 2. The highest BCUT2D eigenvalue weighted by Gasteiger charge is 2.41. The SMILES string of the molecule is O=C(N1C[CH]CCC1)N(C[C@@H]1CNC[C@@H]1F)C(c1nc(-c2cc(F)ccc2F)cn1Cc1ccccc1)C1CCOCC1. The number of urea groups is 1. The Balaban J connectivity index is 1.48. The molecule has 10 heteroatoms. The van der Waals surface area contributed by atoms with Crippen LogP contribution in [0.15, 0.2) is 54.7 Å². The Morgan fingerprint density at radius 3 is 2.65 bits per heavy atom. The maximum Gasteiger partial charge on any atom is 0.320 e. The molecule has 1 unspecified atom stereocenters. The summed E-state index contributed by atoms with van der Waals surface area (Å²) >= 11 is 0. The number of rotatable bonds is 8. The summed E-state index contributed by atoms with van der Waals surface area (Å²) in [5.41, 5.74) is 1.36. The van der Waals surface area contributed by atoms with Crippen LogP contribution in [-0.4, -0.2) is 77.5 Å². The molecule has 2 amide bonds. The van der Waals surface area contributed by atoms with Gasteiger partial charge in [0.25, 0.3) is 0 Å². The number of ether oxygens (including phenoxy) is 1. The van der Waals surface area contributed by atoms with Crippen LogP contribution in [0.25, 0.3) is 11.3 Å². The van der Waals surface area contributed by atoms with E-state index in [-0.39, 0.29) is 36.5 Å². The first kappa shape index (κ1) is 29.7. The Kier molecular flexibility index (Phi) is 9.33. The fraction of sp³-hybridized carbons (Fsp3) is 0.485. The summed E-state index contributed by atoms with van der Waals surface area (Å²) in [5.74, 6) is -0.921. The van der Waals surface area contributed by atoms with E-state index in [1.165, 1.54) is 0 Å². The van der Waals surface area contributed by atoms with Gasteiger partial charge >= 0.3 is 6.03 Å². The Morgan fingerprint density at radius 1 is 1.12 bits per heavy atom. The van der Waals surface area contributed by atoms with Crippen LogP contribution < -0.4 is 5.32 Å². The summed E-state index contributed by atoms with van der Waals surface area (Å²) < 4.78 is 52.2. The number of alkyl halides is 1. The monoisotopic (exact) mass is 594 g/mol. The first-order valence-corrected chi connectivity index (χ1v) is 15.3. The van der Waals surface area contributed by atoms with Crippen LogP contribution in [0.1, 0.15) is 43.1 Å². The lowest BCUT2D eigenvalue weighted by molar-refractivity contribution is 0.0201. The summed E-state index contributed by atoms with van der Waals surface area (Å²) in [4.78, 5) is 23.1. The standard InChI is InChI=1S/C33H39F3N5O2/c34-26-9-10-28(35)27(17-26)30-22-40(20-23-7-3-1-4-8-23)32(38-30)31(24-11-15-43-16-12-24)41(21-25-18-37-19-29(25)36)33(42)39-13-5-2-6-14-39/h1,3-5,7-10,17,22,24-25,29,31,37H,2,6,11-16,18-21H2/t25-,29-,31?/m0/s1. The first-order chi connectivity index (χ1) is 21.0. The molecule has 3 aliphatic heterocycles. The number of imidazole rings is 1. The van der Waals surface area contributed by atoms with Crippen LogP contribution in [0.2, 0.25) is 0 Å². The largest absolute Gasteiger partial charge is 0.381 e. The number of nitrogens with one attached hydrogen (secondary N) is 1. The number of carbonyl (C=O) groups is 1. The molecule has 229 valence electrons. The second kappa shape index (κ2) is 13.5.